The summed E-state index contributed by atoms with van der Waals surface area (Å²) in [7, 11) is 1.87. The number of nitrogens with one attached hydrogen (secondary N) is 2. The molecule has 0 spiro atoms. The van der Waals surface area contributed by atoms with Crippen molar-refractivity contribution >= 4 is 33.3 Å². The van der Waals surface area contributed by atoms with E-state index in [0.29, 0.717) is 12.0 Å². The third-order valence-electron chi connectivity index (χ3n) is 3.64. The zero-order chi connectivity index (χ0) is 15.2. The van der Waals surface area contributed by atoms with Crippen LogP contribution in [0.3, 0.4) is 0 Å². The van der Waals surface area contributed by atoms with Crippen molar-refractivity contribution in [1.82, 2.24) is 9.97 Å². The molecule has 116 valence electrons. The first-order valence-electron chi connectivity index (χ1n) is 7.92. The first-order chi connectivity index (χ1) is 10.2. The fourth-order valence-corrected chi connectivity index (χ4v) is 3.34. The molecule has 21 heavy (non-hydrogen) atoms. The summed E-state index contributed by atoms with van der Waals surface area (Å²) in [6.07, 6.45) is 6.05. The lowest BCUT2D eigenvalue weighted by atomic mass is 10.1. The zero-order valence-corrected chi connectivity index (χ0v) is 14.3. The van der Waals surface area contributed by atoms with Gasteiger partial charge < -0.3 is 10.6 Å². The molecule has 2 aromatic heterocycles. The van der Waals surface area contributed by atoms with Crippen LogP contribution in [0.1, 0.15) is 51.3 Å². The van der Waals surface area contributed by atoms with Crippen molar-refractivity contribution in [3.05, 3.63) is 10.9 Å². The van der Waals surface area contributed by atoms with E-state index in [1.807, 2.05) is 7.05 Å². The van der Waals surface area contributed by atoms with Crippen molar-refractivity contribution in [2.45, 2.75) is 58.9 Å². The highest BCUT2D eigenvalue weighted by atomic mass is 32.1. The van der Waals surface area contributed by atoms with Crippen molar-refractivity contribution < 1.29 is 0 Å². The van der Waals surface area contributed by atoms with Crippen LogP contribution in [-0.2, 0) is 6.42 Å². The summed E-state index contributed by atoms with van der Waals surface area (Å²) in [6.45, 7) is 6.65. The van der Waals surface area contributed by atoms with E-state index in [0.717, 1.165) is 22.5 Å². The Bertz CT molecular complexity index is 579. The molecule has 2 heterocycles. The summed E-state index contributed by atoms with van der Waals surface area (Å²) in [6, 6.07) is 2.66. The average Bonchev–Trinajstić information content (AvgIpc) is 2.90. The lowest BCUT2D eigenvalue weighted by Crippen LogP contribution is -2.16. The van der Waals surface area contributed by atoms with Gasteiger partial charge >= 0.3 is 0 Å². The molecule has 4 nitrogen and oxygen atoms in total. The Balaban J connectivity index is 2.22. The van der Waals surface area contributed by atoms with Crippen molar-refractivity contribution in [2.75, 3.05) is 17.7 Å². The third kappa shape index (κ3) is 4.06. The number of unbranched alkanes of at least 4 members (excludes halogenated alkanes) is 2. The highest BCUT2D eigenvalue weighted by molar-refractivity contribution is 7.18. The number of thiophene rings is 1. The highest BCUT2D eigenvalue weighted by Gasteiger charge is 2.12. The van der Waals surface area contributed by atoms with Crippen LogP contribution >= 0.6 is 11.3 Å². The molecule has 2 rings (SSSR count). The SMILES string of the molecule is CCCCCC(C)Nc1nc(NC)nc2sc(CC)cc12. The maximum absolute atomic E-state index is 4.61. The Morgan fingerprint density at radius 2 is 2.05 bits per heavy atom. The van der Waals surface area contributed by atoms with Gasteiger partial charge in [0.15, 0.2) is 0 Å². The van der Waals surface area contributed by atoms with Gasteiger partial charge in [0.1, 0.15) is 10.6 Å². The Kier molecular flexibility index (Phi) is 5.79. The lowest BCUT2D eigenvalue weighted by Gasteiger charge is -2.15. The van der Waals surface area contributed by atoms with Gasteiger partial charge in [0.2, 0.25) is 5.95 Å². The van der Waals surface area contributed by atoms with Gasteiger partial charge in [-0.15, -0.1) is 11.3 Å². The van der Waals surface area contributed by atoms with Crippen LogP contribution in [0.2, 0.25) is 0 Å². The topological polar surface area (TPSA) is 49.8 Å². The second-order valence-electron chi connectivity index (χ2n) is 5.47. The maximum Gasteiger partial charge on any atom is 0.225 e. The van der Waals surface area contributed by atoms with Gasteiger partial charge in [0, 0.05) is 18.0 Å². The number of hydrogen-bond acceptors (Lipinski definition) is 5. The summed E-state index contributed by atoms with van der Waals surface area (Å²) in [5, 5.41) is 7.78. The standard InChI is InChI=1S/C16H26N4S/c1-5-7-8-9-11(3)18-14-13-10-12(6-2)21-15(13)20-16(17-4)19-14/h10-11H,5-9H2,1-4H3,(H2,17,18,19,20). The first kappa shape index (κ1) is 16.0. The molecule has 1 unspecified atom stereocenters. The minimum atomic E-state index is 0.435. The van der Waals surface area contributed by atoms with E-state index >= 15 is 0 Å². The Morgan fingerprint density at radius 3 is 2.71 bits per heavy atom. The monoisotopic (exact) mass is 306 g/mol. The summed E-state index contributed by atoms with van der Waals surface area (Å²) < 4.78 is 0. The van der Waals surface area contributed by atoms with Crippen molar-refractivity contribution in [1.29, 1.82) is 0 Å². The van der Waals surface area contributed by atoms with Crippen LogP contribution < -0.4 is 10.6 Å². The van der Waals surface area contributed by atoms with Crippen LogP contribution in [0.5, 0.6) is 0 Å². The Morgan fingerprint density at radius 1 is 1.24 bits per heavy atom. The number of hydrogen-bond donors (Lipinski definition) is 2. The quantitative estimate of drug-likeness (QED) is 0.695. The van der Waals surface area contributed by atoms with Gasteiger partial charge in [-0.2, -0.15) is 4.98 Å². The number of rotatable bonds is 8. The predicted molar refractivity (Wildman–Crippen MR) is 93.6 cm³/mol. The minimum absolute atomic E-state index is 0.435. The first-order valence-corrected chi connectivity index (χ1v) is 8.74. The molecule has 0 aliphatic heterocycles. The maximum atomic E-state index is 4.61. The average molecular weight is 306 g/mol. The van der Waals surface area contributed by atoms with Gasteiger partial charge in [0.05, 0.1) is 5.39 Å². The predicted octanol–water partition coefficient (Wildman–Crippen LogP) is 4.68. The van der Waals surface area contributed by atoms with Crippen LogP contribution in [0.4, 0.5) is 11.8 Å². The van der Waals surface area contributed by atoms with Gasteiger partial charge in [-0.05, 0) is 25.8 Å². The van der Waals surface area contributed by atoms with Crippen LogP contribution in [0.15, 0.2) is 6.07 Å². The van der Waals surface area contributed by atoms with Gasteiger partial charge in [-0.1, -0.05) is 33.1 Å². The van der Waals surface area contributed by atoms with E-state index in [-0.39, 0.29) is 0 Å². The smallest absolute Gasteiger partial charge is 0.225 e. The third-order valence-corrected chi connectivity index (χ3v) is 4.81. The molecule has 0 radical (unpaired) electrons. The highest BCUT2D eigenvalue weighted by Crippen LogP contribution is 2.30. The molecule has 0 saturated heterocycles. The molecule has 0 fully saturated rings. The fraction of sp³-hybridized carbons (Fsp3) is 0.625. The minimum Gasteiger partial charge on any atom is -0.367 e. The summed E-state index contributed by atoms with van der Waals surface area (Å²) >= 11 is 1.76. The molecule has 5 heteroatoms. The van der Waals surface area contributed by atoms with E-state index in [2.05, 4.69) is 47.4 Å². The van der Waals surface area contributed by atoms with Gasteiger partial charge in [-0.25, -0.2) is 4.98 Å². The second kappa shape index (κ2) is 7.59. The number of aromatic nitrogens is 2. The van der Waals surface area contributed by atoms with E-state index in [1.165, 1.54) is 30.6 Å². The number of nitrogens with zero attached hydrogens (tertiary/aromatic N) is 2. The van der Waals surface area contributed by atoms with Gasteiger partial charge in [-0.3, -0.25) is 0 Å². The van der Waals surface area contributed by atoms with Gasteiger partial charge in [0.25, 0.3) is 0 Å². The van der Waals surface area contributed by atoms with E-state index < -0.39 is 0 Å². The molecule has 0 amide bonds. The normalized spacial score (nSPS) is 12.6. The molecular formula is C16H26N4S. The Labute approximate surface area is 131 Å². The number of fused-ring (bicyclic) bond motifs is 1. The summed E-state index contributed by atoms with van der Waals surface area (Å²) in [5.74, 6) is 1.65. The largest absolute Gasteiger partial charge is 0.367 e. The zero-order valence-electron chi connectivity index (χ0n) is 13.5. The summed E-state index contributed by atoms with van der Waals surface area (Å²) in [4.78, 5) is 11.6. The molecule has 1 atom stereocenters. The lowest BCUT2D eigenvalue weighted by molar-refractivity contribution is 0.614. The molecular weight excluding hydrogens is 280 g/mol. The van der Waals surface area contributed by atoms with Crippen LogP contribution in [0.25, 0.3) is 10.2 Å². The van der Waals surface area contributed by atoms with E-state index in [1.54, 1.807) is 11.3 Å². The van der Waals surface area contributed by atoms with Crippen LogP contribution in [0, 0.1) is 0 Å². The molecule has 0 bridgehead atoms. The van der Waals surface area contributed by atoms with E-state index in [4.69, 9.17) is 0 Å². The molecule has 0 aliphatic rings. The molecule has 0 aromatic carbocycles. The van der Waals surface area contributed by atoms with E-state index in [9.17, 15) is 0 Å². The summed E-state index contributed by atoms with van der Waals surface area (Å²) in [5.41, 5.74) is 0. The van der Waals surface area contributed by atoms with Crippen molar-refractivity contribution in [3.63, 3.8) is 0 Å². The molecule has 2 aromatic rings. The van der Waals surface area contributed by atoms with Crippen molar-refractivity contribution in [2.24, 2.45) is 0 Å². The van der Waals surface area contributed by atoms with Crippen LogP contribution in [-0.4, -0.2) is 23.1 Å². The molecule has 2 N–H and O–H groups in total. The fourth-order valence-electron chi connectivity index (χ4n) is 2.37. The van der Waals surface area contributed by atoms with Crippen molar-refractivity contribution in [3.8, 4) is 0 Å². The molecule has 0 saturated carbocycles. The Hall–Kier alpha value is -1.36. The number of aryl methyl sites for hydroxylation is 1. The second-order valence-corrected chi connectivity index (χ2v) is 6.59. The molecule has 0 aliphatic carbocycles. The number of anilines is 2.